The van der Waals surface area contributed by atoms with Crippen molar-refractivity contribution in [3.63, 3.8) is 0 Å². The first kappa shape index (κ1) is 13.9. The van der Waals surface area contributed by atoms with Gasteiger partial charge in [-0.05, 0) is 55.8 Å². The van der Waals surface area contributed by atoms with Crippen LogP contribution in [0, 0.1) is 6.92 Å². The Morgan fingerprint density at radius 3 is 2.75 bits per heavy atom. The molecule has 1 aliphatic rings. The van der Waals surface area contributed by atoms with Gasteiger partial charge in [0.25, 0.3) is 0 Å². The molecule has 2 aromatic heterocycles. The van der Waals surface area contributed by atoms with Crippen LogP contribution in [0.25, 0.3) is 0 Å². The summed E-state index contributed by atoms with van der Waals surface area (Å²) >= 11 is 1.82. The molecule has 2 N–H and O–H groups in total. The molecule has 0 aliphatic heterocycles. The van der Waals surface area contributed by atoms with E-state index in [9.17, 15) is 0 Å². The third kappa shape index (κ3) is 2.82. The molecule has 4 heteroatoms. The van der Waals surface area contributed by atoms with Crippen molar-refractivity contribution in [2.75, 3.05) is 0 Å². The highest BCUT2D eigenvalue weighted by Gasteiger charge is 2.37. The van der Waals surface area contributed by atoms with Crippen LogP contribution in [0.5, 0.6) is 0 Å². The zero-order chi connectivity index (χ0) is 14.1. The number of furan rings is 1. The maximum atomic E-state index is 6.33. The molecular formula is C16H22N2OS. The first-order chi connectivity index (χ1) is 9.66. The van der Waals surface area contributed by atoms with Gasteiger partial charge in [0.1, 0.15) is 5.76 Å². The summed E-state index contributed by atoms with van der Waals surface area (Å²) in [5, 5.41) is 2.16. The molecule has 1 aliphatic carbocycles. The van der Waals surface area contributed by atoms with E-state index in [-0.39, 0.29) is 12.1 Å². The van der Waals surface area contributed by atoms with Gasteiger partial charge >= 0.3 is 0 Å². The van der Waals surface area contributed by atoms with Gasteiger partial charge in [0.05, 0.1) is 18.8 Å². The van der Waals surface area contributed by atoms with E-state index < -0.39 is 0 Å². The molecule has 1 fully saturated rings. The van der Waals surface area contributed by atoms with Gasteiger partial charge in [-0.2, -0.15) is 0 Å². The molecule has 20 heavy (non-hydrogen) atoms. The van der Waals surface area contributed by atoms with Crippen LogP contribution >= 0.6 is 11.3 Å². The first-order valence-corrected chi connectivity index (χ1v) is 8.12. The van der Waals surface area contributed by atoms with Crippen LogP contribution in [-0.2, 0) is 6.54 Å². The number of thiophene rings is 1. The summed E-state index contributed by atoms with van der Waals surface area (Å²) in [5.74, 6) is 1.02. The summed E-state index contributed by atoms with van der Waals surface area (Å²) in [5.41, 5.74) is 7.68. The van der Waals surface area contributed by atoms with Gasteiger partial charge in [0.15, 0.2) is 0 Å². The Morgan fingerprint density at radius 1 is 1.45 bits per heavy atom. The van der Waals surface area contributed by atoms with Gasteiger partial charge < -0.3 is 10.2 Å². The lowest BCUT2D eigenvalue weighted by molar-refractivity contribution is 0.148. The first-order valence-electron chi connectivity index (χ1n) is 7.24. The Kier molecular flexibility index (Phi) is 3.96. The molecule has 2 unspecified atom stereocenters. The van der Waals surface area contributed by atoms with Crippen molar-refractivity contribution >= 4 is 11.3 Å². The molecule has 0 bridgehead atoms. The maximum Gasteiger partial charge on any atom is 0.117 e. The van der Waals surface area contributed by atoms with Gasteiger partial charge in [0.2, 0.25) is 0 Å². The Bertz CT molecular complexity index is 543. The van der Waals surface area contributed by atoms with E-state index in [0.717, 1.165) is 12.3 Å². The number of hydrogen-bond acceptors (Lipinski definition) is 4. The van der Waals surface area contributed by atoms with Crippen LogP contribution in [0.3, 0.4) is 0 Å². The molecule has 2 aromatic rings. The highest BCUT2D eigenvalue weighted by molar-refractivity contribution is 7.10. The van der Waals surface area contributed by atoms with Crippen molar-refractivity contribution in [1.29, 1.82) is 0 Å². The number of aryl methyl sites for hydroxylation is 1. The van der Waals surface area contributed by atoms with E-state index in [1.54, 1.807) is 6.26 Å². The largest absolute Gasteiger partial charge is 0.468 e. The lowest BCUT2D eigenvalue weighted by Crippen LogP contribution is -2.40. The predicted molar refractivity (Wildman–Crippen MR) is 82.7 cm³/mol. The van der Waals surface area contributed by atoms with Gasteiger partial charge in [-0.3, -0.25) is 4.90 Å². The molecule has 0 spiro atoms. The Morgan fingerprint density at radius 2 is 2.25 bits per heavy atom. The molecule has 0 aromatic carbocycles. The molecule has 2 heterocycles. The van der Waals surface area contributed by atoms with Crippen LogP contribution < -0.4 is 5.73 Å². The van der Waals surface area contributed by atoms with E-state index >= 15 is 0 Å². The summed E-state index contributed by atoms with van der Waals surface area (Å²) in [6, 6.07) is 7.24. The molecule has 108 valence electrons. The van der Waals surface area contributed by atoms with Crippen molar-refractivity contribution in [2.24, 2.45) is 5.73 Å². The normalized spacial score (nSPS) is 18.4. The fourth-order valence-corrected chi connectivity index (χ4v) is 3.98. The summed E-state index contributed by atoms with van der Waals surface area (Å²) < 4.78 is 5.54. The molecular weight excluding hydrogens is 268 g/mol. The fraction of sp³-hybridized carbons (Fsp3) is 0.500. The molecule has 1 saturated carbocycles. The van der Waals surface area contributed by atoms with E-state index in [1.807, 2.05) is 17.4 Å². The quantitative estimate of drug-likeness (QED) is 0.882. The van der Waals surface area contributed by atoms with E-state index in [2.05, 4.69) is 36.3 Å². The molecule has 3 nitrogen and oxygen atoms in total. The number of hydrogen-bond donors (Lipinski definition) is 1. The Hall–Kier alpha value is -1.10. The number of nitrogens with zero attached hydrogens (tertiary/aromatic N) is 1. The van der Waals surface area contributed by atoms with Crippen LogP contribution in [0.2, 0.25) is 0 Å². The Labute approximate surface area is 124 Å². The maximum absolute atomic E-state index is 6.33. The zero-order valence-corrected chi connectivity index (χ0v) is 12.9. The second-order valence-corrected chi connectivity index (χ2v) is 6.70. The standard InChI is InChI=1S/C16H22N2OS/c1-11-7-9-20-16(11)15(12(2)17)18(13-5-6-13)10-14-4-3-8-19-14/h3-4,7-9,12-13,15H,5-6,10,17H2,1-2H3. The summed E-state index contributed by atoms with van der Waals surface area (Å²) in [4.78, 5) is 3.93. The molecule has 3 rings (SSSR count). The zero-order valence-electron chi connectivity index (χ0n) is 12.1. The van der Waals surface area contributed by atoms with E-state index in [0.29, 0.717) is 6.04 Å². The van der Waals surface area contributed by atoms with E-state index in [1.165, 1.54) is 23.3 Å². The van der Waals surface area contributed by atoms with Crippen molar-refractivity contribution in [3.8, 4) is 0 Å². The minimum atomic E-state index is 0.114. The smallest absolute Gasteiger partial charge is 0.117 e. The van der Waals surface area contributed by atoms with Crippen LogP contribution in [-0.4, -0.2) is 17.0 Å². The van der Waals surface area contributed by atoms with Crippen molar-refractivity contribution in [3.05, 3.63) is 46.0 Å². The fourth-order valence-electron chi connectivity index (χ4n) is 2.82. The topological polar surface area (TPSA) is 42.4 Å². The van der Waals surface area contributed by atoms with Crippen molar-refractivity contribution in [1.82, 2.24) is 4.90 Å². The van der Waals surface area contributed by atoms with Crippen LogP contribution in [0.4, 0.5) is 0 Å². The van der Waals surface area contributed by atoms with Gasteiger partial charge in [-0.25, -0.2) is 0 Å². The number of nitrogens with two attached hydrogens (primary N) is 1. The third-order valence-electron chi connectivity index (χ3n) is 3.96. The highest BCUT2D eigenvalue weighted by atomic mass is 32.1. The predicted octanol–water partition coefficient (Wildman–Crippen LogP) is 3.70. The minimum absolute atomic E-state index is 0.114. The highest BCUT2D eigenvalue weighted by Crippen LogP contribution is 2.39. The second-order valence-electron chi connectivity index (χ2n) is 5.75. The second kappa shape index (κ2) is 5.72. The Balaban J connectivity index is 1.88. The van der Waals surface area contributed by atoms with Crippen LogP contribution in [0.1, 0.15) is 42.0 Å². The lowest BCUT2D eigenvalue weighted by atomic mass is 10.0. The average molecular weight is 290 g/mol. The third-order valence-corrected chi connectivity index (χ3v) is 5.05. The minimum Gasteiger partial charge on any atom is -0.468 e. The van der Waals surface area contributed by atoms with Gasteiger partial charge in [0, 0.05) is 17.0 Å². The number of rotatable bonds is 6. The van der Waals surface area contributed by atoms with Gasteiger partial charge in [-0.15, -0.1) is 11.3 Å². The lowest BCUT2D eigenvalue weighted by Gasteiger charge is -2.34. The SMILES string of the molecule is Cc1ccsc1C(C(C)N)N(Cc1ccco1)C1CC1. The van der Waals surface area contributed by atoms with Crippen LogP contribution in [0.15, 0.2) is 34.3 Å². The molecule has 0 amide bonds. The molecule has 0 radical (unpaired) electrons. The summed E-state index contributed by atoms with van der Waals surface area (Å²) in [6.07, 6.45) is 4.29. The molecule has 0 saturated heterocycles. The van der Waals surface area contributed by atoms with Crippen molar-refractivity contribution < 1.29 is 4.42 Å². The average Bonchev–Trinajstić information content (AvgIpc) is 2.97. The van der Waals surface area contributed by atoms with Crippen molar-refractivity contribution in [2.45, 2.75) is 51.4 Å². The molecule has 2 atom stereocenters. The van der Waals surface area contributed by atoms with Gasteiger partial charge in [-0.1, -0.05) is 0 Å². The summed E-state index contributed by atoms with van der Waals surface area (Å²) in [6.45, 7) is 5.14. The monoisotopic (exact) mass is 290 g/mol. The summed E-state index contributed by atoms with van der Waals surface area (Å²) in [7, 11) is 0. The van der Waals surface area contributed by atoms with E-state index in [4.69, 9.17) is 10.2 Å².